The number of nitrogens with one attached hydrogen (secondary N) is 1. The first kappa shape index (κ1) is 18.0. The van der Waals surface area contributed by atoms with Gasteiger partial charge in [0.25, 0.3) is 0 Å². The maximum Gasteiger partial charge on any atom is 0.223 e. The minimum atomic E-state index is 0.360. The van der Waals surface area contributed by atoms with Crippen LogP contribution in [-0.4, -0.2) is 33.9 Å². The second-order valence-electron chi connectivity index (χ2n) is 10.9. The van der Waals surface area contributed by atoms with Crippen LogP contribution >= 0.6 is 0 Å². The maximum absolute atomic E-state index is 13.2. The predicted molar refractivity (Wildman–Crippen MR) is 115 cm³/mol. The Morgan fingerprint density at radius 1 is 1.10 bits per heavy atom. The van der Waals surface area contributed by atoms with Gasteiger partial charge in [0.05, 0.1) is 11.0 Å². The summed E-state index contributed by atoms with van der Waals surface area (Å²) in [5.41, 5.74) is 3.82. The summed E-state index contributed by atoms with van der Waals surface area (Å²) in [7, 11) is 0. The van der Waals surface area contributed by atoms with E-state index in [2.05, 4.69) is 35.0 Å². The molecule has 1 saturated heterocycles. The molecule has 154 valence electrons. The minimum absolute atomic E-state index is 0.360. The lowest BCUT2D eigenvalue weighted by atomic mass is 9.49. The Morgan fingerprint density at radius 3 is 2.41 bits per heavy atom. The fraction of sp³-hybridized carbons (Fsp3) is 0.680. The van der Waals surface area contributed by atoms with E-state index in [-0.39, 0.29) is 0 Å². The van der Waals surface area contributed by atoms with Gasteiger partial charge in [0.2, 0.25) is 5.91 Å². The van der Waals surface area contributed by atoms with Crippen molar-refractivity contribution in [2.24, 2.45) is 23.2 Å². The van der Waals surface area contributed by atoms with Crippen LogP contribution in [0.5, 0.6) is 0 Å². The molecule has 5 aliphatic rings. The molecule has 1 amide bonds. The number of hydrogen-bond acceptors (Lipinski definition) is 2. The third-order valence-corrected chi connectivity index (χ3v) is 8.58. The SMILES string of the molecule is Cc1ccc2nc(C3CCN(C(=O)CC45CC6CC(CC(C6)C4)C5)CC3)[nH]c2c1. The number of rotatable bonds is 3. The zero-order valence-corrected chi connectivity index (χ0v) is 17.6. The van der Waals surface area contributed by atoms with E-state index in [0.717, 1.165) is 67.0 Å². The molecule has 4 heteroatoms. The van der Waals surface area contributed by atoms with Crippen LogP contribution < -0.4 is 0 Å². The van der Waals surface area contributed by atoms with Crippen LogP contribution in [0.25, 0.3) is 11.0 Å². The van der Waals surface area contributed by atoms with Crippen LogP contribution in [0.2, 0.25) is 0 Å². The quantitative estimate of drug-likeness (QED) is 0.783. The lowest BCUT2D eigenvalue weighted by molar-refractivity contribution is -0.140. The topological polar surface area (TPSA) is 49.0 Å². The zero-order valence-electron chi connectivity index (χ0n) is 17.6. The van der Waals surface area contributed by atoms with Crippen LogP contribution in [0.3, 0.4) is 0 Å². The highest BCUT2D eigenvalue weighted by Crippen LogP contribution is 2.61. The van der Waals surface area contributed by atoms with Crippen LogP contribution in [-0.2, 0) is 4.79 Å². The number of fused-ring (bicyclic) bond motifs is 1. The van der Waals surface area contributed by atoms with Gasteiger partial charge in [-0.05, 0) is 99.2 Å². The number of hydrogen-bond donors (Lipinski definition) is 1. The molecule has 7 rings (SSSR count). The molecule has 1 aliphatic heterocycles. The summed E-state index contributed by atoms with van der Waals surface area (Å²) in [5, 5.41) is 0. The summed E-state index contributed by atoms with van der Waals surface area (Å²) < 4.78 is 0. The van der Waals surface area contributed by atoms with E-state index < -0.39 is 0 Å². The maximum atomic E-state index is 13.2. The molecular weight excluding hydrogens is 358 g/mol. The molecule has 4 nitrogen and oxygen atoms in total. The van der Waals surface area contributed by atoms with Crippen LogP contribution in [0.4, 0.5) is 0 Å². The molecule has 5 fully saturated rings. The van der Waals surface area contributed by atoms with Gasteiger partial charge >= 0.3 is 0 Å². The van der Waals surface area contributed by atoms with Gasteiger partial charge in [-0.2, -0.15) is 0 Å². The Balaban J connectivity index is 1.10. The highest BCUT2D eigenvalue weighted by molar-refractivity contribution is 5.77. The van der Waals surface area contributed by atoms with Crippen molar-refractivity contribution in [2.45, 2.75) is 70.6 Å². The number of imidazole rings is 1. The molecule has 2 heterocycles. The Bertz CT molecular complexity index is 901. The predicted octanol–water partition coefficient (Wildman–Crippen LogP) is 5.18. The summed E-state index contributed by atoms with van der Waals surface area (Å²) in [6.45, 7) is 3.91. The van der Waals surface area contributed by atoms with Crippen molar-refractivity contribution in [1.82, 2.24) is 14.9 Å². The number of benzene rings is 1. The number of nitrogens with zero attached hydrogens (tertiary/aromatic N) is 2. The van der Waals surface area contributed by atoms with Gasteiger partial charge < -0.3 is 9.88 Å². The first-order valence-corrected chi connectivity index (χ1v) is 11.8. The molecule has 0 radical (unpaired) electrons. The van der Waals surface area contributed by atoms with E-state index in [1.54, 1.807) is 0 Å². The Kier molecular flexibility index (Phi) is 4.08. The number of piperidine rings is 1. The molecule has 1 N–H and O–H groups in total. The lowest BCUT2D eigenvalue weighted by Crippen LogP contribution is -2.49. The number of likely N-dealkylation sites (tertiary alicyclic amines) is 1. The van der Waals surface area contributed by atoms with Gasteiger partial charge in [-0.1, -0.05) is 6.07 Å². The third-order valence-electron chi connectivity index (χ3n) is 8.58. The van der Waals surface area contributed by atoms with E-state index in [1.165, 1.54) is 44.1 Å². The van der Waals surface area contributed by atoms with Crippen molar-refractivity contribution in [3.63, 3.8) is 0 Å². The molecule has 0 atom stereocenters. The number of carbonyl (C=O) groups is 1. The highest BCUT2D eigenvalue weighted by atomic mass is 16.2. The third kappa shape index (κ3) is 3.19. The number of aryl methyl sites for hydroxylation is 1. The molecule has 4 aliphatic carbocycles. The first-order valence-electron chi connectivity index (χ1n) is 11.8. The van der Waals surface area contributed by atoms with E-state index in [0.29, 0.717) is 17.2 Å². The molecule has 0 unspecified atom stereocenters. The highest BCUT2D eigenvalue weighted by Gasteiger charge is 2.51. The summed E-state index contributed by atoms with van der Waals surface area (Å²) >= 11 is 0. The number of H-pyrrole nitrogens is 1. The van der Waals surface area contributed by atoms with Gasteiger partial charge in [0.1, 0.15) is 5.82 Å². The van der Waals surface area contributed by atoms with Gasteiger partial charge in [-0.25, -0.2) is 4.98 Å². The summed E-state index contributed by atoms with van der Waals surface area (Å²) in [6.07, 6.45) is 11.3. The van der Waals surface area contributed by atoms with Gasteiger partial charge in [0.15, 0.2) is 0 Å². The van der Waals surface area contributed by atoms with Gasteiger partial charge in [0, 0.05) is 25.4 Å². The fourth-order valence-corrected chi connectivity index (χ4v) is 7.68. The van der Waals surface area contributed by atoms with Crippen LogP contribution in [0.1, 0.15) is 75.1 Å². The van der Waals surface area contributed by atoms with Gasteiger partial charge in [-0.3, -0.25) is 4.79 Å². The average Bonchev–Trinajstić information content (AvgIpc) is 3.10. The van der Waals surface area contributed by atoms with Gasteiger partial charge in [-0.15, -0.1) is 0 Å². The Labute approximate surface area is 173 Å². The average molecular weight is 392 g/mol. The standard InChI is InChI=1S/C25H33N3O/c1-16-2-3-21-22(8-16)27-24(26-21)20-4-6-28(7-5-20)23(29)15-25-12-17-9-18(13-25)11-19(10-17)14-25/h2-3,8,17-20H,4-7,9-15H2,1H3,(H,26,27). The molecule has 4 saturated carbocycles. The Morgan fingerprint density at radius 2 is 1.76 bits per heavy atom. The molecular formula is C25H33N3O. The number of aromatic nitrogens is 2. The molecule has 1 aromatic carbocycles. The van der Waals surface area contributed by atoms with E-state index in [1.807, 2.05) is 0 Å². The summed E-state index contributed by atoms with van der Waals surface area (Å²) in [5.74, 6) is 4.78. The molecule has 0 spiro atoms. The smallest absolute Gasteiger partial charge is 0.223 e. The van der Waals surface area contributed by atoms with Crippen molar-refractivity contribution >= 4 is 16.9 Å². The van der Waals surface area contributed by atoms with Crippen molar-refractivity contribution in [3.8, 4) is 0 Å². The molecule has 2 aromatic rings. The Hall–Kier alpha value is -1.84. The van der Waals surface area contributed by atoms with E-state index in [9.17, 15) is 4.79 Å². The fourth-order valence-electron chi connectivity index (χ4n) is 7.68. The number of aromatic amines is 1. The van der Waals surface area contributed by atoms with Crippen LogP contribution in [0.15, 0.2) is 18.2 Å². The van der Waals surface area contributed by atoms with Crippen molar-refractivity contribution in [2.75, 3.05) is 13.1 Å². The monoisotopic (exact) mass is 391 g/mol. The first-order chi connectivity index (χ1) is 14.1. The molecule has 1 aromatic heterocycles. The normalized spacial score (nSPS) is 34.2. The lowest BCUT2D eigenvalue weighted by Gasteiger charge is -2.57. The summed E-state index contributed by atoms with van der Waals surface area (Å²) in [6, 6.07) is 6.41. The van der Waals surface area contributed by atoms with Crippen molar-refractivity contribution in [1.29, 1.82) is 0 Å². The van der Waals surface area contributed by atoms with E-state index in [4.69, 9.17) is 4.98 Å². The minimum Gasteiger partial charge on any atom is -0.343 e. The van der Waals surface area contributed by atoms with Crippen LogP contribution in [0, 0.1) is 30.1 Å². The summed E-state index contributed by atoms with van der Waals surface area (Å²) in [4.78, 5) is 23.7. The largest absolute Gasteiger partial charge is 0.343 e. The zero-order chi connectivity index (χ0) is 19.6. The van der Waals surface area contributed by atoms with E-state index >= 15 is 0 Å². The number of carbonyl (C=O) groups excluding carboxylic acids is 1. The van der Waals surface area contributed by atoms with Crippen molar-refractivity contribution in [3.05, 3.63) is 29.6 Å². The second kappa shape index (κ2) is 6.58. The molecule has 29 heavy (non-hydrogen) atoms. The van der Waals surface area contributed by atoms with Crippen molar-refractivity contribution < 1.29 is 4.79 Å². The molecule has 4 bridgehead atoms. The number of amides is 1. The second-order valence-corrected chi connectivity index (χ2v) is 10.9.